The van der Waals surface area contributed by atoms with Crippen LogP contribution in [0.1, 0.15) is 69.4 Å². The molecule has 8 rings (SSSR count). The fourth-order valence-corrected chi connectivity index (χ4v) is 8.54. The van der Waals surface area contributed by atoms with Crippen LogP contribution in [0.5, 0.6) is 0 Å². The van der Waals surface area contributed by atoms with E-state index in [0.29, 0.717) is 45.1 Å². The van der Waals surface area contributed by atoms with Gasteiger partial charge in [0.05, 0.1) is 35.9 Å². The highest BCUT2D eigenvalue weighted by molar-refractivity contribution is 7.98. The zero-order chi connectivity index (χ0) is 35.6. The Morgan fingerprint density at radius 3 is 2.74 bits per heavy atom. The average molecular weight is 713 g/mol. The Morgan fingerprint density at radius 2 is 2.04 bits per heavy atom. The van der Waals surface area contributed by atoms with Crippen molar-refractivity contribution in [1.29, 1.82) is 5.26 Å². The number of aromatic nitrogens is 4. The van der Waals surface area contributed by atoms with Crippen molar-refractivity contribution < 1.29 is 13.9 Å². The lowest BCUT2D eigenvalue weighted by Gasteiger charge is -2.40. The molecule has 2 saturated heterocycles. The molecule has 1 amide bonds. The van der Waals surface area contributed by atoms with Crippen LogP contribution in [0.3, 0.4) is 0 Å². The lowest BCUT2D eigenvalue weighted by Crippen LogP contribution is -2.44. The van der Waals surface area contributed by atoms with Crippen LogP contribution in [0.25, 0.3) is 32.9 Å². The minimum Gasteiger partial charge on any atom is -0.444 e. The van der Waals surface area contributed by atoms with E-state index >= 15 is 4.39 Å². The van der Waals surface area contributed by atoms with Crippen molar-refractivity contribution in [1.82, 2.24) is 24.0 Å². The molecule has 0 N–H and O–H groups in total. The Morgan fingerprint density at radius 1 is 1.26 bits per heavy atom. The Hall–Kier alpha value is -4.40. The van der Waals surface area contributed by atoms with Crippen molar-refractivity contribution >= 4 is 51.3 Å². The molecule has 2 bridgehead atoms. The number of benzene rings is 2. The van der Waals surface area contributed by atoms with E-state index in [4.69, 9.17) is 21.3 Å². The van der Waals surface area contributed by atoms with Gasteiger partial charge in [-0.2, -0.15) is 5.26 Å². The zero-order valence-electron chi connectivity index (χ0n) is 28.8. The minimum atomic E-state index is -0.645. The van der Waals surface area contributed by atoms with Gasteiger partial charge < -0.3 is 18.8 Å². The molecule has 3 aliphatic rings. The molecule has 5 heterocycles. The van der Waals surface area contributed by atoms with Crippen LogP contribution in [-0.2, 0) is 11.2 Å². The van der Waals surface area contributed by atoms with E-state index in [0.717, 1.165) is 28.6 Å². The number of hydrogen-bond acceptors (Lipinski definition) is 7. The molecule has 3 fully saturated rings. The lowest BCUT2D eigenvalue weighted by atomic mass is 9.79. The van der Waals surface area contributed by atoms with Crippen LogP contribution in [-0.4, -0.2) is 54.5 Å². The van der Waals surface area contributed by atoms with Crippen molar-refractivity contribution in [2.75, 3.05) is 12.8 Å². The van der Waals surface area contributed by atoms with Crippen LogP contribution in [0, 0.1) is 30.0 Å². The monoisotopic (exact) mass is 712 g/mol. The number of ether oxygens (including phenoxy) is 1. The van der Waals surface area contributed by atoms with Crippen molar-refractivity contribution in [2.24, 2.45) is 5.92 Å². The summed E-state index contributed by atoms with van der Waals surface area (Å²) in [6.07, 6.45) is 7.44. The molecular weight excluding hydrogens is 675 g/mol. The number of carbonyl (C=O) groups excluding carboxylic acids is 1. The quantitative estimate of drug-likeness (QED) is 0.156. The number of nitriles is 1. The second-order valence-corrected chi connectivity index (χ2v) is 15.4. The summed E-state index contributed by atoms with van der Waals surface area (Å²) in [5.41, 5.74) is 3.43. The molecule has 1 aliphatic carbocycles. The van der Waals surface area contributed by atoms with Gasteiger partial charge in [-0.3, -0.25) is 9.78 Å². The molecule has 12 heteroatoms. The molecule has 5 aromatic rings. The van der Waals surface area contributed by atoms with E-state index in [-0.39, 0.29) is 41.6 Å². The summed E-state index contributed by atoms with van der Waals surface area (Å²) < 4.78 is 27.0. The summed E-state index contributed by atoms with van der Waals surface area (Å²) in [6.45, 7) is 9.93. The number of thioether (sulfide) groups is 1. The molecular formula is C38H38ClFN6O3S. The fourth-order valence-electron chi connectivity index (χ4n) is 7.81. The molecule has 9 nitrogen and oxygen atoms in total. The van der Waals surface area contributed by atoms with Crippen molar-refractivity contribution in [3.05, 3.63) is 86.9 Å². The topological polar surface area (TPSA) is 106 Å². The molecule has 50 heavy (non-hydrogen) atoms. The van der Waals surface area contributed by atoms with Crippen molar-refractivity contribution in [3.63, 3.8) is 0 Å². The van der Waals surface area contributed by atoms with Crippen LogP contribution in [0.2, 0.25) is 5.02 Å². The predicted molar refractivity (Wildman–Crippen MR) is 194 cm³/mol. The molecule has 1 saturated carbocycles. The van der Waals surface area contributed by atoms with E-state index in [9.17, 15) is 14.9 Å². The first-order valence-corrected chi connectivity index (χ1v) is 18.3. The van der Waals surface area contributed by atoms with E-state index in [1.54, 1.807) is 29.1 Å². The third kappa shape index (κ3) is 5.53. The fraction of sp³-hybridized carbons (Fsp3) is 0.395. The number of pyridine rings is 1. The van der Waals surface area contributed by atoms with Crippen LogP contribution in [0.15, 0.2) is 58.7 Å². The van der Waals surface area contributed by atoms with Gasteiger partial charge in [0.25, 0.3) is 5.56 Å². The Labute approximate surface area is 299 Å². The molecule has 4 atom stereocenters. The first kappa shape index (κ1) is 34.1. The first-order chi connectivity index (χ1) is 23.8. The summed E-state index contributed by atoms with van der Waals surface area (Å²) in [5.74, 6) is -0.349. The van der Waals surface area contributed by atoms with Crippen LogP contribution in [0.4, 0.5) is 9.18 Å². The summed E-state index contributed by atoms with van der Waals surface area (Å²) in [6, 6.07) is 11.0. The van der Waals surface area contributed by atoms with Gasteiger partial charge in [-0.25, -0.2) is 14.2 Å². The number of carbonyl (C=O) groups is 1. The van der Waals surface area contributed by atoms with Crippen molar-refractivity contribution in [3.8, 4) is 17.2 Å². The van der Waals surface area contributed by atoms with Gasteiger partial charge in [0, 0.05) is 58.3 Å². The highest BCUT2D eigenvalue weighted by Gasteiger charge is 2.56. The summed E-state index contributed by atoms with van der Waals surface area (Å²) in [7, 11) is 0. The largest absolute Gasteiger partial charge is 0.444 e. The number of aryl methyl sites for hydroxylation is 1. The van der Waals surface area contributed by atoms with Gasteiger partial charge in [0.1, 0.15) is 16.1 Å². The molecule has 0 radical (unpaired) electrons. The third-order valence-electron chi connectivity index (χ3n) is 10.1. The van der Waals surface area contributed by atoms with E-state index < -0.39 is 17.5 Å². The van der Waals surface area contributed by atoms with Crippen molar-refractivity contribution in [2.45, 2.75) is 82.6 Å². The summed E-state index contributed by atoms with van der Waals surface area (Å²) >= 11 is 7.96. The Bertz CT molecular complexity index is 2290. The first-order valence-electron chi connectivity index (χ1n) is 16.7. The second-order valence-electron chi connectivity index (χ2n) is 14.2. The van der Waals surface area contributed by atoms with Gasteiger partial charge in [-0.05, 0) is 88.6 Å². The molecule has 0 spiro atoms. The highest BCUT2D eigenvalue weighted by Crippen LogP contribution is 2.53. The standard InChI is InChI=1S/C38H38ClFN6O3S/c1-20-24(10-7-11-27(20)39)31-22(9-8-12-41)15-25-33(32(31)40)43-36(50-6)26-17-28(21(2)44-14-13-42-18-30(44)47)46(35(25)26)34-23-16-29(34)45(19-23)37(48)49-38(3,4)5/h7,10-11,13-15,17-18,21,23,29,34H,8-9,16,19H2,1-6H3/t21-,23-,29-,34+/m1/s1. The Kier molecular flexibility index (Phi) is 8.68. The predicted octanol–water partition coefficient (Wildman–Crippen LogP) is 8.48. The van der Waals surface area contributed by atoms with Gasteiger partial charge >= 0.3 is 6.09 Å². The highest BCUT2D eigenvalue weighted by atomic mass is 35.5. The maximum absolute atomic E-state index is 17.3. The normalized spacial score (nSPS) is 19.1. The summed E-state index contributed by atoms with van der Waals surface area (Å²) in [5, 5.41) is 12.2. The lowest BCUT2D eigenvalue weighted by molar-refractivity contribution is 0.0209. The zero-order valence-corrected chi connectivity index (χ0v) is 30.4. The minimum absolute atomic E-state index is 0.125. The van der Waals surface area contributed by atoms with E-state index in [1.807, 2.05) is 57.9 Å². The van der Waals surface area contributed by atoms with E-state index in [1.165, 1.54) is 18.0 Å². The molecule has 258 valence electrons. The maximum Gasteiger partial charge on any atom is 0.410 e. The van der Waals surface area contributed by atoms with Gasteiger partial charge in [0.15, 0.2) is 5.82 Å². The maximum atomic E-state index is 17.3. The Balaban J connectivity index is 1.54. The number of hydrogen-bond donors (Lipinski definition) is 0. The number of fused-ring (bicyclic) bond motifs is 4. The smallest absolute Gasteiger partial charge is 0.410 e. The van der Waals surface area contributed by atoms with Gasteiger partial charge in [0.2, 0.25) is 0 Å². The summed E-state index contributed by atoms with van der Waals surface area (Å²) in [4.78, 5) is 37.3. The SMILES string of the molecule is CSc1nc2c(F)c(-c3cccc(Cl)c3C)c(CCC#N)cc2c2c1cc([C@@H](C)n1ccncc1=O)n2[C@H]1[C@@H]2C[C@H]1N(C(=O)OC(C)(C)C)C2. The van der Waals surface area contributed by atoms with Gasteiger partial charge in [-0.15, -0.1) is 11.8 Å². The van der Waals surface area contributed by atoms with Crippen LogP contribution < -0.4 is 5.56 Å². The van der Waals surface area contributed by atoms with E-state index in [2.05, 4.69) is 21.7 Å². The number of amides is 1. The molecule has 3 aromatic heterocycles. The third-order valence-corrected chi connectivity index (χ3v) is 11.2. The molecule has 0 unspecified atom stereocenters. The molecule has 2 aromatic carbocycles. The van der Waals surface area contributed by atoms with Crippen LogP contribution >= 0.6 is 23.4 Å². The number of nitrogens with zero attached hydrogens (tertiary/aromatic N) is 6. The second kappa shape index (κ2) is 12.7. The van der Waals surface area contributed by atoms with Gasteiger partial charge in [-0.1, -0.05) is 23.7 Å². The average Bonchev–Trinajstić information content (AvgIpc) is 3.78. The molecule has 2 aliphatic heterocycles. The number of rotatable bonds is 7. The number of halogens is 2.